The molecule has 1 aliphatic heterocycles. The molecule has 0 aromatic heterocycles. The number of rotatable bonds is 3. The van der Waals surface area contributed by atoms with Gasteiger partial charge in [0.2, 0.25) is 0 Å². The van der Waals surface area contributed by atoms with Crippen molar-refractivity contribution in [1.29, 1.82) is 0 Å². The standard InChI is InChI=1S/C13H24N2O3/c1-18-11-5-2-3-6-13(11,12(16)17)15-9-4-7-14-8-10-15/h11,14H,2-10H2,1H3,(H,16,17). The first-order valence-electron chi connectivity index (χ1n) is 6.94. The second-order valence-corrected chi connectivity index (χ2v) is 5.29. The van der Waals surface area contributed by atoms with Crippen molar-refractivity contribution in [3.05, 3.63) is 0 Å². The molecule has 104 valence electrons. The Kier molecular flexibility index (Phi) is 4.59. The van der Waals surface area contributed by atoms with Gasteiger partial charge in [-0.15, -0.1) is 0 Å². The Labute approximate surface area is 108 Å². The molecule has 0 radical (unpaired) electrons. The maximum Gasteiger partial charge on any atom is 0.326 e. The summed E-state index contributed by atoms with van der Waals surface area (Å²) in [5.74, 6) is -0.712. The van der Waals surface area contributed by atoms with Crippen molar-refractivity contribution in [2.75, 3.05) is 33.3 Å². The van der Waals surface area contributed by atoms with Crippen molar-refractivity contribution >= 4 is 5.97 Å². The number of nitrogens with one attached hydrogen (secondary N) is 1. The minimum Gasteiger partial charge on any atom is -0.480 e. The van der Waals surface area contributed by atoms with Crippen LogP contribution in [0.4, 0.5) is 0 Å². The first-order chi connectivity index (χ1) is 8.71. The predicted molar refractivity (Wildman–Crippen MR) is 68.7 cm³/mol. The highest BCUT2D eigenvalue weighted by Gasteiger charge is 2.52. The molecule has 2 fully saturated rings. The van der Waals surface area contributed by atoms with Crippen molar-refractivity contribution in [1.82, 2.24) is 10.2 Å². The van der Waals surface area contributed by atoms with E-state index in [4.69, 9.17) is 4.74 Å². The fourth-order valence-electron chi connectivity index (χ4n) is 3.42. The molecule has 18 heavy (non-hydrogen) atoms. The topological polar surface area (TPSA) is 61.8 Å². The zero-order valence-corrected chi connectivity index (χ0v) is 11.2. The monoisotopic (exact) mass is 256 g/mol. The maximum atomic E-state index is 11.9. The molecule has 2 rings (SSSR count). The molecule has 1 saturated carbocycles. The predicted octanol–water partition coefficient (Wildman–Crippen LogP) is 0.694. The highest BCUT2D eigenvalue weighted by molar-refractivity contribution is 5.80. The summed E-state index contributed by atoms with van der Waals surface area (Å²) in [6.45, 7) is 3.49. The van der Waals surface area contributed by atoms with Gasteiger partial charge in [0.1, 0.15) is 5.54 Å². The van der Waals surface area contributed by atoms with E-state index in [0.717, 1.165) is 51.9 Å². The largest absolute Gasteiger partial charge is 0.480 e. The summed E-state index contributed by atoms with van der Waals surface area (Å²) in [6.07, 6.45) is 4.44. The Bertz CT molecular complexity index is 290. The number of carbonyl (C=O) groups is 1. The average molecular weight is 256 g/mol. The van der Waals surface area contributed by atoms with E-state index in [-0.39, 0.29) is 6.10 Å². The summed E-state index contributed by atoms with van der Waals surface area (Å²) in [5.41, 5.74) is -0.807. The molecule has 0 aromatic rings. The van der Waals surface area contributed by atoms with Gasteiger partial charge in [-0.1, -0.05) is 12.8 Å². The van der Waals surface area contributed by atoms with Crippen molar-refractivity contribution in [2.24, 2.45) is 0 Å². The molecule has 2 unspecified atom stereocenters. The lowest BCUT2D eigenvalue weighted by Crippen LogP contribution is -2.64. The van der Waals surface area contributed by atoms with Crippen LogP contribution in [0.15, 0.2) is 0 Å². The second-order valence-electron chi connectivity index (χ2n) is 5.29. The van der Waals surface area contributed by atoms with Crippen LogP contribution in [0.25, 0.3) is 0 Å². The molecular weight excluding hydrogens is 232 g/mol. The zero-order valence-electron chi connectivity index (χ0n) is 11.2. The van der Waals surface area contributed by atoms with Gasteiger partial charge in [0.25, 0.3) is 0 Å². The average Bonchev–Trinajstić information content (AvgIpc) is 2.67. The van der Waals surface area contributed by atoms with Gasteiger partial charge < -0.3 is 15.2 Å². The Morgan fingerprint density at radius 1 is 1.33 bits per heavy atom. The molecule has 1 aliphatic carbocycles. The highest BCUT2D eigenvalue weighted by atomic mass is 16.5. The van der Waals surface area contributed by atoms with Crippen LogP contribution in [-0.4, -0.2) is 60.9 Å². The van der Waals surface area contributed by atoms with E-state index in [1.807, 2.05) is 0 Å². The van der Waals surface area contributed by atoms with Gasteiger partial charge in [-0.25, -0.2) is 0 Å². The summed E-state index contributed by atoms with van der Waals surface area (Å²) >= 11 is 0. The molecule has 2 N–H and O–H groups in total. The third kappa shape index (κ3) is 2.39. The third-order valence-electron chi connectivity index (χ3n) is 4.37. The van der Waals surface area contributed by atoms with E-state index >= 15 is 0 Å². The number of methoxy groups -OCH3 is 1. The number of carboxylic acid groups (broad SMARTS) is 1. The summed E-state index contributed by atoms with van der Waals surface area (Å²) in [4.78, 5) is 14.1. The van der Waals surface area contributed by atoms with Crippen LogP contribution in [0, 0.1) is 0 Å². The van der Waals surface area contributed by atoms with Crippen molar-refractivity contribution in [2.45, 2.75) is 43.7 Å². The van der Waals surface area contributed by atoms with Crippen LogP contribution >= 0.6 is 0 Å². The minimum atomic E-state index is -0.807. The molecule has 0 spiro atoms. The Morgan fingerprint density at radius 2 is 2.17 bits per heavy atom. The molecular formula is C13H24N2O3. The van der Waals surface area contributed by atoms with Crippen LogP contribution in [0.5, 0.6) is 0 Å². The Morgan fingerprint density at radius 3 is 2.89 bits per heavy atom. The molecule has 0 aromatic carbocycles. The molecule has 0 amide bonds. The summed E-state index contributed by atoms with van der Waals surface area (Å²) in [7, 11) is 1.64. The van der Waals surface area contributed by atoms with Crippen molar-refractivity contribution in [3.63, 3.8) is 0 Å². The highest BCUT2D eigenvalue weighted by Crippen LogP contribution is 2.36. The SMILES string of the molecule is COC1CCCCC1(C(=O)O)N1CCCNCC1. The van der Waals surface area contributed by atoms with Crippen LogP contribution in [-0.2, 0) is 9.53 Å². The van der Waals surface area contributed by atoms with Crippen LogP contribution in [0.2, 0.25) is 0 Å². The Balaban J connectivity index is 2.25. The number of aliphatic carboxylic acids is 1. The fraction of sp³-hybridized carbons (Fsp3) is 0.923. The zero-order chi connectivity index (χ0) is 13.0. The van der Waals surface area contributed by atoms with Gasteiger partial charge in [-0.05, 0) is 25.8 Å². The van der Waals surface area contributed by atoms with Gasteiger partial charge in [0.05, 0.1) is 6.10 Å². The van der Waals surface area contributed by atoms with Crippen LogP contribution in [0.3, 0.4) is 0 Å². The molecule has 0 bridgehead atoms. The van der Waals surface area contributed by atoms with Gasteiger partial charge in [-0.3, -0.25) is 9.69 Å². The Hall–Kier alpha value is -0.650. The molecule has 2 aliphatic rings. The molecule has 1 heterocycles. The van der Waals surface area contributed by atoms with E-state index in [0.29, 0.717) is 6.42 Å². The fourth-order valence-corrected chi connectivity index (χ4v) is 3.42. The molecule has 5 nitrogen and oxygen atoms in total. The summed E-state index contributed by atoms with van der Waals surface area (Å²) in [5, 5.41) is 13.1. The van der Waals surface area contributed by atoms with E-state index in [9.17, 15) is 9.90 Å². The first-order valence-corrected chi connectivity index (χ1v) is 6.94. The van der Waals surface area contributed by atoms with E-state index in [1.165, 1.54) is 0 Å². The van der Waals surface area contributed by atoms with Gasteiger partial charge in [0.15, 0.2) is 0 Å². The summed E-state index contributed by atoms with van der Waals surface area (Å²) < 4.78 is 5.52. The molecule has 5 heteroatoms. The molecule has 1 saturated heterocycles. The summed E-state index contributed by atoms with van der Waals surface area (Å²) in [6, 6.07) is 0. The normalized spacial score (nSPS) is 35.1. The number of nitrogens with zero attached hydrogens (tertiary/aromatic N) is 1. The van der Waals surface area contributed by atoms with Crippen LogP contribution < -0.4 is 5.32 Å². The van der Waals surface area contributed by atoms with Crippen molar-refractivity contribution in [3.8, 4) is 0 Å². The van der Waals surface area contributed by atoms with E-state index in [1.54, 1.807) is 7.11 Å². The lowest BCUT2D eigenvalue weighted by molar-refractivity contribution is -0.167. The third-order valence-corrected chi connectivity index (χ3v) is 4.37. The van der Waals surface area contributed by atoms with E-state index in [2.05, 4.69) is 10.2 Å². The van der Waals surface area contributed by atoms with E-state index < -0.39 is 11.5 Å². The van der Waals surface area contributed by atoms with Gasteiger partial charge >= 0.3 is 5.97 Å². The smallest absolute Gasteiger partial charge is 0.326 e. The van der Waals surface area contributed by atoms with Gasteiger partial charge in [0, 0.05) is 26.7 Å². The van der Waals surface area contributed by atoms with Crippen molar-refractivity contribution < 1.29 is 14.6 Å². The lowest BCUT2D eigenvalue weighted by Gasteiger charge is -2.47. The maximum absolute atomic E-state index is 11.9. The number of hydrogen-bond donors (Lipinski definition) is 2. The van der Waals surface area contributed by atoms with Gasteiger partial charge in [-0.2, -0.15) is 0 Å². The number of hydrogen-bond acceptors (Lipinski definition) is 4. The molecule has 2 atom stereocenters. The number of ether oxygens (including phenoxy) is 1. The lowest BCUT2D eigenvalue weighted by atomic mass is 9.77. The quantitative estimate of drug-likeness (QED) is 0.778. The second kappa shape index (κ2) is 5.99. The van der Waals surface area contributed by atoms with Crippen LogP contribution in [0.1, 0.15) is 32.1 Å². The minimum absolute atomic E-state index is 0.179. The first kappa shape index (κ1) is 13.8. The number of carboxylic acids is 1.